The van der Waals surface area contributed by atoms with Crippen molar-refractivity contribution in [3.05, 3.63) is 59.7 Å². The molecule has 0 aliphatic heterocycles. The van der Waals surface area contributed by atoms with Crippen LogP contribution < -0.4 is 9.47 Å². The molecule has 0 aromatic heterocycles. The molecule has 1 N–H and O–H groups in total. The van der Waals surface area contributed by atoms with Crippen molar-refractivity contribution in [3.63, 3.8) is 0 Å². The van der Waals surface area contributed by atoms with Crippen LogP contribution in [0.1, 0.15) is 37.3 Å². The number of methoxy groups -OCH3 is 1. The standard InChI is InChI=1S/C23H30O5/c1-3-4-6-18-7-11-20(12-8-18)27-15-5-16-28-21-13-9-19(10-14-21)17-22(26-2)23(24)25/h7-14,22H,3-6,15-17H2,1-2H3,(H,24,25)/t22-/m0/s1. The van der Waals surface area contributed by atoms with Gasteiger partial charge in [0.2, 0.25) is 0 Å². The second kappa shape index (κ2) is 12.0. The van der Waals surface area contributed by atoms with Crippen molar-refractivity contribution in [2.45, 2.75) is 45.1 Å². The molecule has 0 spiro atoms. The van der Waals surface area contributed by atoms with Crippen molar-refractivity contribution in [1.82, 2.24) is 0 Å². The van der Waals surface area contributed by atoms with E-state index in [1.807, 2.05) is 36.4 Å². The van der Waals surface area contributed by atoms with E-state index < -0.39 is 12.1 Å². The third-order valence-corrected chi connectivity index (χ3v) is 4.47. The lowest BCUT2D eigenvalue weighted by atomic mass is 10.1. The Morgan fingerprint density at radius 2 is 1.43 bits per heavy atom. The van der Waals surface area contributed by atoms with Gasteiger partial charge in [0.15, 0.2) is 6.10 Å². The second-order valence-electron chi connectivity index (χ2n) is 6.71. The highest BCUT2D eigenvalue weighted by Crippen LogP contribution is 2.16. The Balaban J connectivity index is 1.66. The van der Waals surface area contributed by atoms with Crippen molar-refractivity contribution in [2.24, 2.45) is 0 Å². The fourth-order valence-corrected chi connectivity index (χ4v) is 2.78. The predicted octanol–water partition coefficient (Wildman–Crippen LogP) is 4.52. The Hall–Kier alpha value is -2.53. The fraction of sp³-hybridized carbons (Fsp3) is 0.435. The van der Waals surface area contributed by atoms with Gasteiger partial charge in [0, 0.05) is 20.0 Å². The van der Waals surface area contributed by atoms with E-state index in [1.54, 1.807) is 0 Å². The Kier molecular flexibility index (Phi) is 9.35. The minimum Gasteiger partial charge on any atom is -0.493 e. The molecule has 2 aromatic carbocycles. The molecular formula is C23H30O5. The zero-order chi connectivity index (χ0) is 20.2. The average molecular weight is 386 g/mol. The number of carbonyl (C=O) groups is 1. The summed E-state index contributed by atoms with van der Waals surface area (Å²) in [6.45, 7) is 3.36. The number of benzene rings is 2. The number of carboxylic acid groups (broad SMARTS) is 1. The van der Waals surface area contributed by atoms with E-state index >= 15 is 0 Å². The van der Waals surface area contributed by atoms with Crippen LogP contribution in [0.4, 0.5) is 0 Å². The van der Waals surface area contributed by atoms with Gasteiger partial charge < -0.3 is 19.3 Å². The summed E-state index contributed by atoms with van der Waals surface area (Å²) in [4.78, 5) is 11.0. The monoisotopic (exact) mass is 386 g/mol. The smallest absolute Gasteiger partial charge is 0.333 e. The van der Waals surface area contributed by atoms with Gasteiger partial charge in [-0.05, 0) is 48.2 Å². The molecule has 0 fully saturated rings. The quantitative estimate of drug-likeness (QED) is 0.513. The molecule has 0 radical (unpaired) electrons. The summed E-state index contributed by atoms with van der Waals surface area (Å²) < 4.78 is 16.4. The summed E-state index contributed by atoms with van der Waals surface area (Å²) in [7, 11) is 1.40. The largest absolute Gasteiger partial charge is 0.493 e. The van der Waals surface area contributed by atoms with Gasteiger partial charge in [0.25, 0.3) is 0 Å². The SMILES string of the molecule is CCCCc1ccc(OCCCOc2ccc(C[C@H](OC)C(=O)O)cc2)cc1. The van der Waals surface area contributed by atoms with E-state index in [-0.39, 0.29) is 0 Å². The number of hydrogen-bond acceptors (Lipinski definition) is 4. The topological polar surface area (TPSA) is 65.0 Å². The maximum atomic E-state index is 11.0. The van der Waals surface area contributed by atoms with Gasteiger partial charge in [-0.2, -0.15) is 0 Å². The minimum atomic E-state index is -0.960. The normalized spacial score (nSPS) is 11.8. The number of aliphatic carboxylic acids is 1. The first kappa shape index (κ1) is 21.8. The fourth-order valence-electron chi connectivity index (χ4n) is 2.78. The molecule has 0 bridgehead atoms. The van der Waals surface area contributed by atoms with Crippen LogP contribution in [0.25, 0.3) is 0 Å². The van der Waals surface area contributed by atoms with Gasteiger partial charge in [-0.1, -0.05) is 37.6 Å². The van der Waals surface area contributed by atoms with Crippen LogP contribution in [0.5, 0.6) is 11.5 Å². The lowest BCUT2D eigenvalue weighted by Crippen LogP contribution is -2.24. The van der Waals surface area contributed by atoms with E-state index in [9.17, 15) is 4.79 Å². The number of aryl methyl sites for hydroxylation is 1. The summed E-state index contributed by atoms with van der Waals surface area (Å²) in [5.41, 5.74) is 2.24. The van der Waals surface area contributed by atoms with Crippen molar-refractivity contribution < 1.29 is 24.1 Å². The molecule has 28 heavy (non-hydrogen) atoms. The first-order valence-corrected chi connectivity index (χ1v) is 9.81. The minimum absolute atomic E-state index is 0.331. The summed E-state index contributed by atoms with van der Waals surface area (Å²) in [5.74, 6) is 0.683. The van der Waals surface area contributed by atoms with Gasteiger partial charge >= 0.3 is 5.97 Å². The molecule has 5 heteroatoms. The van der Waals surface area contributed by atoms with E-state index in [1.165, 1.54) is 25.5 Å². The molecule has 1 atom stereocenters. The van der Waals surface area contributed by atoms with Crippen molar-refractivity contribution in [1.29, 1.82) is 0 Å². The number of ether oxygens (including phenoxy) is 3. The van der Waals surface area contributed by atoms with Crippen LogP contribution in [0.3, 0.4) is 0 Å². The van der Waals surface area contributed by atoms with Crippen LogP contribution in [0, 0.1) is 0 Å². The Morgan fingerprint density at radius 1 is 0.893 bits per heavy atom. The van der Waals surface area contributed by atoms with Crippen molar-refractivity contribution >= 4 is 5.97 Å². The van der Waals surface area contributed by atoms with Gasteiger partial charge in [-0.25, -0.2) is 4.79 Å². The third-order valence-electron chi connectivity index (χ3n) is 4.47. The van der Waals surface area contributed by atoms with Crippen molar-refractivity contribution in [2.75, 3.05) is 20.3 Å². The molecule has 0 saturated heterocycles. The molecule has 0 aliphatic carbocycles. The predicted molar refractivity (Wildman–Crippen MR) is 109 cm³/mol. The molecular weight excluding hydrogens is 356 g/mol. The molecule has 0 unspecified atom stereocenters. The van der Waals surface area contributed by atoms with Crippen LogP contribution >= 0.6 is 0 Å². The molecule has 152 valence electrons. The molecule has 0 saturated carbocycles. The molecule has 2 aromatic rings. The maximum Gasteiger partial charge on any atom is 0.333 e. The molecule has 0 amide bonds. The highest BCUT2D eigenvalue weighted by Gasteiger charge is 2.16. The highest BCUT2D eigenvalue weighted by molar-refractivity contribution is 5.72. The van der Waals surface area contributed by atoms with Crippen LogP contribution in [0.2, 0.25) is 0 Å². The van der Waals surface area contributed by atoms with E-state index in [4.69, 9.17) is 19.3 Å². The van der Waals surface area contributed by atoms with Gasteiger partial charge in [-0.3, -0.25) is 0 Å². The van der Waals surface area contributed by atoms with E-state index in [2.05, 4.69) is 19.1 Å². The van der Waals surface area contributed by atoms with Gasteiger partial charge in [-0.15, -0.1) is 0 Å². The van der Waals surface area contributed by atoms with Crippen molar-refractivity contribution in [3.8, 4) is 11.5 Å². The molecule has 0 aliphatic rings. The highest BCUT2D eigenvalue weighted by atomic mass is 16.5. The van der Waals surface area contributed by atoms with Crippen LogP contribution in [-0.4, -0.2) is 37.5 Å². The summed E-state index contributed by atoms with van der Waals surface area (Å²) in [6.07, 6.45) is 3.82. The maximum absolute atomic E-state index is 11.0. The molecule has 2 rings (SSSR count). The van der Waals surface area contributed by atoms with Gasteiger partial charge in [0.1, 0.15) is 11.5 Å². The first-order valence-electron chi connectivity index (χ1n) is 9.81. The third kappa shape index (κ3) is 7.61. The van der Waals surface area contributed by atoms with Crippen LogP contribution in [-0.2, 0) is 22.4 Å². The first-order chi connectivity index (χ1) is 13.6. The zero-order valence-corrected chi connectivity index (χ0v) is 16.7. The zero-order valence-electron chi connectivity index (χ0n) is 16.7. The summed E-state index contributed by atoms with van der Waals surface area (Å²) in [6, 6.07) is 15.7. The Bertz CT molecular complexity index is 694. The number of carboxylic acids is 1. The number of unbranched alkanes of at least 4 members (excludes halogenated alkanes) is 1. The van der Waals surface area contributed by atoms with E-state index in [0.717, 1.165) is 29.9 Å². The lowest BCUT2D eigenvalue weighted by molar-refractivity contribution is -0.148. The van der Waals surface area contributed by atoms with Gasteiger partial charge in [0.05, 0.1) is 13.2 Å². The Morgan fingerprint density at radius 3 is 1.89 bits per heavy atom. The average Bonchev–Trinajstić information content (AvgIpc) is 2.72. The van der Waals surface area contributed by atoms with E-state index in [0.29, 0.717) is 19.6 Å². The molecule has 0 heterocycles. The number of hydrogen-bond donors (Lipinski definition) is 1. The molecule has 5 nitrogen and oxygen atoms in total. The Labute approximate surface area is 167 Å². The second-order valence-corrected chi connectivity index (χ2v) is 6.71. The summed E-state index contributed by atoms with van der Waals surface area (Å²) in [5, 5.41) is 9.02. The van der Waals surface area contributed by atoms with Crippen LogP contribution in [0.15, 0.2) is 48.5 Å². The summed E-state index contributed by atoms with van der Waals surface area (Å²) >= 11 is 0. The number of rotatable bonds is 13. The lowest BCUT2D eigenvalue weighted by Gasteiger charge is -2.11.